The van der Waals surface area contributed by atoms with Crippen LogP contribution in [-0.4, -0.2) is 22.1 Å². The van der Waals surface area contributed by atoms with Crippen LogP contribution in [-0.2, 0) is 17.9 Å². The van der Waals surface area contributed by atoms with E-state index < -0.39 is 18.7 Å². The summed E-state index contributed by atoms with van der Waals surface area (Å²) < 4.78 is 12.2. The number of pyridine rings is 1. The summed E-state index contributed by atoms with van der Waals surface area (Å²) in [6, 6.07) is 3.81. The average molecular weight is 198 g/mol. The Hall–Kier alpha value is -1.49. The van der Waals surface area contributed by atoms with E-state index in [0.717, 1.165) is 0 Å². The van der Waals surface area contributed by atoms with Crippen LogP contribution < -0.4 is 5.73 Å². The number of aliphatic carboxylic acids is 1. The van der Waals surface area contributed by atoms with E-state index in [-0.39, 0.29) is 6.42 Å². The number of carboxylic acid groups (broad SMARTS) is 1. The molecule has 1 rings (SSSR count). The predicted octanol–water partition coefficient (Wildman–Crippen LogP) is 0.506. The second-order valence-corrected chi connectivity index (χ2v) is 2.90. The van der Waals surface area contributed by atoms with Crippen LogP contribution in [0.3, 0.4) is 0 Å². The molecular weight excluding hydrogens is 187 g/mol. The number of aromatic nitrogens is 1. The number of hydrogen-bond acceptors (Lipinski definition) is 3. The van der Waals surface area contributed by atoms with Crippen LogP contribution in [0.5, 0.6) is 0 Å². The van der Waals surface area contributed by atoms with Gasteiger partial charge in [0.1, 0.15) is 12.7 Å². The molecule has 0 spiro atoms. The molecule has 0 bridgehead atoms. The van der Waals surface area contributed by atoms with E-state index >= 15 is 0 Å². The van der Waals surface area contributed by atoms with Crippen LogP contribution in [0.25, 0.3) is 0 Å². The van der Waals surface area contributed by atoms with E-state index in [2.05, 4.69) is 4.98 Å². The smallest absolute Gasteiger partial charge is 0.320 e. The average Bonchev–Trinajstić information content (AvgIpc) is 2.18. The summed E-state index contributed by atoms with van der Waals surface area (Å²) in [6.07, 6.45) is 0.114. The molecule has 1 unspecified atom stereocenters. The normalized spacial score (nSPS) is 12.4. The number of halogens is 1. The van der Waals surface area contributed by atoms with E-state index in [0.29, 0.717) is 11.4 Å². The van der Waals surface area contributed by atoms with Gasteiger partial charge in [-0.15, -0.1) is 0 Å². The summed E-state index contributed by atoms with van der Waals surface area (Å²) in [6.45, 7) is -0.657. The zero-order valence-electron chi connectivity index (χ0n) is 7.48. The van der Waals surface area contributed by atoms with Crippen LogP contribution in [0, 0.1) is 0 Å². The molecule has 0 fully saturated rings. The summed E-state index contributed by atoms with van der Waals surface area (Å²) in [5, 5.41) is 8.54. The first kappa shape index (κ1) is 10.6. The predicted molar refractivity (Wildman–Crippen MR) is 48.4 cm³/mol. The zero-order valence-corrected chi connectivity index (χ0v) is 7.48. The SMILES string of the molecule is NC(Cc1cccc(CF)n1)C(=O)O. The van der Waals surface area contributed by atoms with E-state index in [1.165, 1.54) is 6.07 Å². The van der Waals surface area contributed by atoms with Gasteiger partial charge in [-0.2, -0.15) is 0 Å². The molecule has 14 heavy (non-hydrogen) atoms. The maximum atomic E-state index is 12.2. The van der Waals surface area contributed by atoms with Gasteiger partial charge in [-0.1, -0.05) is 6.07 Å². The molecule has 1 aromatic heterocycles. The number of alkyl halides is 1. The van der Waals surface area contributed by atoms with Crippen LogP contribution in [0.4, 0.5) is 4.39 Å². The van der Waals surface area contributed by atoms with Gasteiger partial charge in [0, 0.05) is 12.1 Å². The summed E-state index contributed by atoms with van der Waals surface area (Å²) in [5.74, 6) is -1.09. The van der Waals surface area contributed by atoms with Crippen molar-refractivity contribution in [3.63, 3.8) is 0 Å². The van der Waals surface area contributed by atoms with Crippen molar-refractivity contribution in [1.29, 1.82) is 0 Å². The summed E-state index contributed by atoms with van der Waals surface area (Å²) >= 11 is 0. The third kappa shape index (κ3) is 2.77. The van der Waals surface area contributed by atoms with E-state index in [9.17, 15) is 9.18 Å². The maximum absolute atomic E-state index is 12.2. The van der Waals surface area contributed by atoms with Crippen LogP contribution in [0.15, 0.2) is 18.2 Å². The molecule has 0 radical (unpaired) electrons. The molecular formula is C9H11FN2O2. The van der Waals surface area contributed by atoms with Crippen molar-refractivity contribution in [3.8, 4) is 0 Å². The van der Waals surface area contributed by atoms with E-state index in [4.69, 9.17) is 10.8 Å². The lowest BCUT2D eigenvalue weighted by Gasteiger charge is -2.05. The Balaban J connectivity index is 2.71. The first-order chi connectivity index (χ1) is 6.63. The first-order valence-electron chi connectivity index (χ1n) is 4.12. The third-order valence-corrected chi connectivity index (χ3v) is 1.75. The molecule has 3 N–H and O–H groups in total. The minimum Gasteiger partial charge on any atom is -0.480 e. The second kappa shape index (κ2) is 4.66. The molecule has 0 aliphatic heterocycles. The number of nitrogens with zero attached hydrogens (tertiary/aromatic N) is 1. The van der Waals surface area contributed by atoms with Crippen molar-refractivity contribution in [2.24, 2.45) is 5.73 Å². The van der Waals surface area contributed by atoms with Crippen molar-refractivity contribution in [2.75, 3.05) is 0 Å². The second-order valence-electron chi connectivity index (χ2n) is 2.90. The van der Waals surface area contributed by atoms with Crippen molar-refractivity contribution in [2.45, 2.75) is 19.1 Å². The maximum Gasteiger partial charge on any atom is 0.320 e. The molecule has 0 amide bonds. The Morgan fingerprint density at radius 3 is 2.79 bits per heavy atom. The topological polar surface area (TPSA) is 76.2 Å². The van der Waals surface area contributed by atoms with Gasteiger partial charge >= 0.3 is 5.97 Å². The molecule has 0 saturated carbocycles. The third-order valence-electron chi connectivity index (χ3n) is 1.75. The fourth-order valence-corrected chi connectivity index (χ4v) is 1.03. The summed E-state index contributed by atoms with van der Waals surface area (Å²) in [4.78, 5) is 14.3. The Kier molecular flexibility index (Phi) is 3.53. The Morgan fingerprint density at radius 2 is 2.21 bits per heavy atom. The van der Waals surface area contributed by atoms with Crippen molar-refractivity contribution in [1.82, 2.24) is 4.98 Å². The lowest BCUT2D eigenvalue weighted by Crippen LogP contribution is -2.32. The molecule has 5 heteroatoms. The largest absolute Gasteiger partial charge is 0.480 e. The summed E-state index contributed by atoms with van der Waals surface area (Å²) in [5.41, 5.74) is 6.09. The lowest BCUT2D eigenvalue weighted by atomic mass is 10.1. The van der Waals surface area contributed by atoms with Gasteiger partial charge in [-0.3, -0.25) is 9.78 Å². The Bertz CT molecular complexity index is 330. The molecule has 1 heterocycles. The van der Waals surface area contributed by atoms with Crippen molar-refractivity contribution in [3.05, 3.63) is 29.6 Å². The van der Waals surface area contributed by atoms with Gasteiger partial charge < -0.3 is 10.8 Å². The Morgan fingerprint density at radius 1 is 1.57 bits per heavy atom. The quantitative estimate of drug-likeness (QED) is 0.738. The lowest BCUT2D eigenvalue weighted by molar-refractivity contribution is -0.138. The number of carboxylic acids is 1. The number of hydrogen-bond donors (Lipinski definition) is 2. The monoisotopic (exact) mass is 198 g/mol. The molecule has 0 aliphatic rings. The van der Waals surface area contributed by atoms with Crippen LogP contribution in [0.1, 0.15) is 11.4 Å². The molecule has 0 aliphatic carbocycles. The van der Waals surface area contributed by atoms with Gasteiger partial charge in [-0.25, -0.2) is 4.39 Å². The summed E-state index contributed by atoms with van der Waals surface area (Å²) in [7, 11) is 0. The highest BCUT2D eigenvalue weighted by atomic mass is 19.1. The molecule has 4 nitrogen and oxygen atoms in total. The molecule has 1 atom stereocenters. The highest BCUT2D eigenvalue weighted by Crippen LogP contribution is 2.03. The van der Waals surface area contributed by atoms with Gasteiger partial charge in [0.05, 0.1) is 5.69 Å². The molecule has 1 aromatic rings. The van der Waals surface area contributed by atoms with Crippen molar-refractivity contribution < 1.29 is 14.3 Å². The number of nitrogens with two attached hydrogens (primary N) is 1. The molecule has 0 aromatic carbocycles. The van der Waals surface area contributed by atoms with Crippen LogP contribution in [0.2, 0.25) is 0 Å². The number of rotatable bonds is 4. The van der Waals surface area contributed by atoms with Crippen LogP contribution >= 0.6 is 0 Å². The van der Waals surface area contributed by atoms with Gasteiger partial charge in [0.2, 0.25) is 0 Å². The molecule has 0 saturated heterocycles. The van der Waals surface area contributed by atoms with Gasteiger partial charge in [0.25, 0.3) is 0 Å². The Labute approximate surface area is 80.6 Å². The van der Waals surface area contributed by atoms with E-state index in [1.54, 1.807) is 12.1 Å². The minimum absolute atomic E-state index is 0.114. The standard InChI is InChI=1S/C9H11FN2O2/c10-5-7-3-1-2-6(12-7)4-8(11)9(13)14/h1-3,8H,4-5,11H2,(H,13,14). The highest BCUT2D eigenvalue weighted by Gasteiger charge is 2.12. The molecule has 76 valence electrons. The fraction of sp³-hybridized carbons (Fsp3) is 0.333. The fourth-order valence-electron chi connectivity index (χ4n) is 1.03. The minimum atomic E-state index is -1.09. The van der Waals surface area contributed by atoms with Crippen molar-refractivity contribution >= 4 is 5.97 Å². The highest BCUT2D eigenvalue weighted by molar-refractivity contribution is 5.73. The van der Waals surface area contributed by atoms with Gasteiger partial charge in [0.15, 0.2) is 0 Å². The van der Waals surface area contributed by atoms with Gasteiger partial charge in [-0.05, 0) is 12.1 Å². The van der Waals surface area contributed by atoms with E-state index in [1.807, 2.05) is 0 Å². The first-order valence-corrected chi connectivity index (χ1v) is 4.12. The zero-order chi connectivity index (χ0) is 10.6. The number of carbonyl (C=O) groups is 1.